The molecule has 1 amide bonds. The zero-order valence-electron chi connectivity index (χ0n) is 17.3. The normalized spacial score (nSPS) is 11.0. The largest absolute Gasteiger partial charge is 0.503 e. The van der Waals surface area contributed by atoms with Crippen LogP contribution < -0.4 is 16.3 Å². The van der Waals surface area contributed by atoms with Crippen molar-refractivity contribution in [3.63, 3.8) is 0 Å². The van der Waals surface area contributed by atoms with Gasteiger partial charge in [-0.3, -0.25) is 14.4 Å². The Kier molecular flexibility index (Phi) is 6.28. The van der Waals surface area contributed by atoms with E-state index in [9.17, 15) is 23.9 Å². The molecule has 33 heavy (non-hydrogen) atoms. The quantitative estimate of drug-likeness (QED) is 0.455. The molecule has 0 aliphatic rings. The molecule has 0 aliphatic carbocycles. The Balaban J connectivity index is 1.58. The lowest BCUT2D eigenvalue weighted by atomic mass is 10.1. The van der Waals surface area contributed by atoms with Crippen molar-refractivity contribution < 1.29 is 14.3 Å². The van der Waals surface area contributed by atoms with Crippen LogP contribution in [0.15, 0.2) is 76.7 Å². The number of aryl methyl sites for hydroxylation is 2. The van der Waals surface area contributed by atoms with Crippen LogP contribution in [0, 0.1) is 5.82 Å². The molecular weight excluding hydrogens is 449 g/mol. The first-order valence-electron chi connectivity index (χ1n) is 10.1. The Morgan fingerprint density at radius 2 is 1.67 bits per heavy atom. The van der Waals surface area contributed by atoms with E-state index in [4.69, 9.17) is 11.6 Å². The van der Waals surface area contributed by atoms with Crippen LogP contribution >= 0.6 is 11.6 Å². The number of rotatable bonds is 6. The van der Waals surface area contributed by atoms with E-state index in [0.29, 0.717) is 23.6 Å². The number of pyridine rings is 1. The number of nitrogens with one attached hydrogen (secondary N) is 1. The van der Waals surface area contributed by atoms with Crippen LogP contribution in [0.25, 0.3) is 5.52 Å². The van der Waals surface area contributed by atoms with E-state index >= 15 is 0 Å². The first-order chi connectivity index (χ1) is 15.8. The maximum atomic E-state index is 13.0. The molecule has 7 nitrogen and oxygen atoms in total. The van der Waals surface area contributed by atoms with Crippen molar-refractivity contribution in [2.45, 2.75) is 19.5 Å². The number of fused-ring (bicyclic) bond motifs is 1. The van der Waals surface area contributed by atoms with E-state index in [1.807, 2.05) is 12.1 Å². The molecule has 2 aromatic carbocycles. The summed E-state index contributed by atoms with van der Waals surface area (Å²) in [7, 11) is 0. The van der Waals surface area contributed by atoms with Crippen LogP contribution in [-0.4, -0.2) is 20.0 Å². The number of hydrogen-bond donors (Lipinski definition) is 2. The van der Waals surface area contributed by atoms with E-state index in [2.05, 4.69) is 5.32 Å². The number of halogens is 2. The van der Waals surface area contributed by atoms with Gasteiger partial charge in [-0.1, -0.05) is 35.9 Å². The second-order valence-corrected chi connectivity index (χ2v) is 7.90. The van der Waals surface area contributed by atoms with Crippen LogP contribution in [0.5, 0.6) is 5.75 Å². The number of nitrogens with zero attached hydrogens (tertiary/aromatic N) is 2. The average molecular weight is 468 g/mol. The monoisotopic (exact) mass is 467 g/mol. The lowest BCUT2D eigenvalue weighted by molar-refractivity contribution is 0.0949. The summed E-state index contributed by atoms with van der Waals surface area (Å²) in [5.41, 5.74) is -0.419. The fraction of sp³-hybridized carbons (Fsp3) is 0.125. The van der Waals surface area contributed by atoms with Crippen LogP contribution in [0.1, 0.15) is 21.5 Å². The molecule has 168 valence electrons. The van der Waals surface area contributed by atoms with Crippen LogP contribution in [-0.2, 0) is 19.5 Å². The predicted molar refractivity (Wildman–Crippen MR) is 122 cm³/mol. The summed E-state index contributed by atoms with van der Waals surface area (Å²) in [6.45, 7) is 0.388. The van der Waals surface area contributed by atoms with Crippen molar-refractivity contribution in [3.05, 3.63) is 115 Å². The molecular formula is C24H19ClFN3O4. The second kappa shape index (κ2) is 9.30. The maximum absolute atomic E-state index is 13.0. The van der Waals surface area contributed by atoms with Gasteiger partial charge in [-0.15, -0.1) is 0 Å². The Morgan fingerprint density at radius 3 is 2.36 bits per heavy atom. The van der Waals surface area contributed by atoms with Gasteiger partial charge in [-0.2, -0.15) is 0 Å². The summed E-state index contributed by atoms with van der Waals surface area (Å²) in [6, 6.07) is 12.8. The number of amides is 1. The topological polar surface area (TPSA) is 92.8 Å². The molecule has 0 unspecified atom stereocenters. The van der Waals surface area contributed by atoms with Gasteiger partial charge in [0.15, 0.2) is 11.3 Å². The Morgan fingerprint density at radius 1 is 1.00 bits per heavy atom. The number of carbonyl (C=O) groups excluding carboxylic acids is 1. The molecule has 0 fully saturated rings. The van der Waals surface area contributed by atoms with Gasteiger partial charge in [-0.05, 0) is 41.8 Å². The smallest absolute Gasteiger partial charge is 0.278 e. The highest BCUT2D eigenvalue weighted by atomic mass is 35.5. The van der Waals surface area contributed by atoms with Gasteiger partial charge in [0.05, 0.1) is 0 Å². The van der Waals surface area contributed by atoms with Crippen molar-refractivity contribution in [3.8, 4) is 5.75 Å². The third kappa shape index (κ3) is 4.80. The third-order valence-corrected chi connectivity index (χ3v) is 5.50. The molecule has 9 heteroatoms. The summed E-state index contributed by atoms with van der Waals surface area (Å²) < 4.78 is 15.7. The van der Waals surface area contributed by atoms with Crippen molar-refractivity contribution in [2.75, 3.05) is 0 Å². The number of benzene rings is 2. The summed E-state index contributed by atoms with van der Waals surface area (Å²) >= 11 is 5.89. The maximum Gasteiger partial charge on any atom is 0.278 e. The van der Waals surface area contributed by atoms with Crippen LogP contribution in [0.2, 0.25) is 5.02 Å². The van der Waals surface area contributed by atoms with Gasteiger partial charge in [0.1, 0.15) is 11.4 Å². The van der Waals surface area contributed by atoms with Gasteiger partial charge < -0.3 is 19.4 Å². The van der Waals surface area contributed by atoms with Gasteiger partial charge >= 0.3 is 0 Å². The SMILES string of the molecule is O=C(NCc1ccc(F)cc1)c1cn2ccn(CCc3ccc(Cl)cc3)c(=O)c2c(O)c1=O. The fourth-order valence-corrected chi connectivity index (χ4v) is 3.55. The van der Waals surface area contributed by atoms with Crippen molar-refractivity contribution in [1.82, 2.24) is 14.3 Å². The summed E-state index contributed by atoms with van der Waals surface area (Å²) in [4.78, 5) is 38.0. The van der Waals surface area contributed by atoms with Gasteiger partial charge in [0, 0.05) is 36.7 Å². The molecule has 0 bridgehead atoms. The van der Waals surface area contributed by atoms with Crippen LogP contribution in [0.3, 0.4) is 0 Å². The Bertz CT molecular complexity index is 1440. The number of hydrogen-bond acceptors (Lipinski definition) is 4. The molecule has 0 atom stereocenters. The average Bonchev–Trinajstić information content (AvgIpc) is 2.81. The molecule has 0 aliphatic heterocycles. The predicted octanol–water partition coefficient (Wildman–Crippen LogP) is 3.13. The van der Waals surface area contributed by atoms with E-state index in [0.717, 1.165) is 5.56 Å². The highest BCUT2D eigenvalue weighted by Gasteiger charge is 2.19. The summed E-state index contributed by atoms with van der Waals surface area (Å²) in [6.07, 6.45) is 4.77. The zero-order chi connectivity index (χ0) is 23.5. The molecule has 0 saturated heterocycles. The fourth-order valence-electron chi connectivity index (χ4n) is 3.42. The number of aromatic nitrogens is 2. The standard InChI is InChI=1S/C24H19ClFN3O4/c25-17-5-1-15(2-6-17)9-10-28-11-12-29-14-19(21(30)22(31)20(29)24(28)33)23(32)27-13-16-3-7-18(26)8-4-16/h1-8,11-12,14,31H,9-10,13H2,(H,27,32). The molecule has 0 spiro atoms. The van der Waals surface area contributed by atoms with E-state index in [-0.39, 0.29) is 17.6 Å². The highest BCUT2D eigenvalue weighted by Crippen LogP contribution is 2.13. The second-order valence-electron chi connectivity index (χ2n) is 7.46. The summed E-state index contributed by atoms with van der Waals surface area (Å²) in [5.74, 6) is -1.92. The van der Waals surface area contributed by atoms with Crippen molar-refractivity contribution in [2.24, 2.45) is 0 Å². The van der Waals surface area contributed by atoms with E-state index in [1.54, 1.807) is 12.1 Å². The lowest BCUT2D eigenvalue weighted by Crippen LogP contribution is -2.31. The number of aromatic hydroxyl groups is 1. The Hall–Kier alpha value is -3.91. The lowest BCUT2D eigenvalue weighted by Gasteiger charge is -2.11. The first kappa shape index (κ1) is 22.3. The molecule has 0 radical (unpaired) electrons. The van der Waals surface area contributed by atoms with Gasteiger partial charge in [0.2, 0.25) is 5.43 Å². The minimum Gasteiger partial charge on any atom is -0.503 e. The summed E-state index contributed by atoms with van der Waals surface area (Å²) in [5, 5.41) is 13.6. The minimum atomic E-state index is -0.945. The minimum absolute atomic E-state index is 0.0638. The van der Waals surface area contributed by atoms with Crippen LogP contribution in [0.4, 0.5) is 4.39 Å². The molecule has 0 saturated carbocycles. The van der Waals surface area contributed by atoms with Crippen molar-refractivity contribution >= 4 is 23.0 Å². The Labute approximate surface area is 192 Å². The highest BCUT2D eigenvalue weighted by molar-refractivity contribution is 6.30. The van der Waals surface area contributed by atoms with Gasteiger partial charge in [0.25, 0.3) is 11.5 Å². The van der Waals surface area contributed by atoms with E-state index in [1.165, 1.54) is 51.8 Å². The number of carbonyl (C=O) groups is 1. The molecule has 2 N–H and O–H groups in total. The molecule has 2 aromatic heterocycles. The molecule has 2 heterocycles. The zero-order valence-corrected chi connectivity index (χ0v) is 18.1. The van der Waals surface area contributed by atoms with E-state index < -0.39 is 28.5 Å². The van der Waals surface area contributed by atoms with Gasteiger partial charge in [-0.25, -0.2) is 4.39 Å². The molecule has 4 rings (SSSR count). The third-order valence-electron chi connectivity index (χ3n) is 5.25. The molecule has 4 aromatic rings. The van der Waals surface area contributed by atoms with Crippen molar-refractivity contribution in [1.29, 1.82) is 0 Å². The first-order valence-corrected chi connectivity index (χ1v) is 10.5.